The molecular weight excluding hydrogens is 468 g/mol. The smallest absolute Gasteiger partial charge is 0.350 e. The van der Waals surface area contributed by atoms with E-state index in [2.05, 4.69) is 4.98 Å². The summed E-state index contributed by atoms with van der Waals surface area (Å²) >= 11 is 0.961. The standard InChI is InChI=1S/C26H24N2O6S/c1-13-6-8-16(9-7-13)20-19(21(29)18-11-10-17(33-4)12-14(18)2)22(30)24(31)28(20)26-27-15(3)23(35-26)25(32)34-5/h6-12,20,29H,1-5H3/b21-19+/t20-/m0/s1. The highest BCUT2D eigenvalue weighted by Gasteiger charge is 2.48. The van der Waals surface area contributed by atoms with Crippen molar-refractivity contribution in [1.82, 2.24) is 4.98 Å². The third-order valence-electron chi connectivity index (χ3n) is 5.89. The Labute approximate surface area is 206 Å². The van der Waals surface area contributed by atoms with Crippen LogP contribution in [0.1, 0.15) is 43.7 Å². The lowest BCUT2D eigenvalue weighted by Crippen LogP contribution is -2.29. The van der Waals surface area contributed by atoms with Gasteiger partial charge in [0.15, 0.2) is 5.13 Å². The number of carbonyl (C=O) groups excluding carboxylic acids is 3. The first-order valence-corrected chi connectivity index (χ1v) is 11.6. The van der Waals surface area contributed by atoms with Gasteiger partial charge in [0, 0.05) is 5.56 Å². The number of hydrogen-bond acceptors (Lipinski definition) is 8. The molecule has 2 heterocycles. The molecule has 0 saturated carbocycles. The first-order valence-electron chi connectivity index (χ1n) is 10.8. The molecule has 8 nitrogen and oxygen atoms in total. The molecule has 180 valence electrons. The average molecular weight is 493 g/mol. The Morgan fingerprint density at radius 2 is 1.74 bits per heavy atom. The van der Waals surface area contributed by atoms with Crippen LogP contribution in [0.25, 0.3) is 5.76 Å². The first kappa shape index (κ1) is 24.2. The number of aliphatic hydroxyl groups excluding tert-OH is 1. The first-order chi connectivity index (χ1) is 16.7. The quantitative estimate of drug-likeness (QED) is 0.242. The van der Waals surface area contributed by atoms with Crippen molar-refractivity contribution in [2.24, 2.45) is 0 Å². The van der Waals surface area contributed by atoms with Gasteiger partial charge in [-0.3, -0.25) is 14.5 Å². The molecule has 0 aliphatic carbocycles. The fourth-order valence-electron chi connectivity index (χ4n) is 4.04. The molecule has 4 rings (SSSR count). The summed E-state index contributed by atoms with van der Waals surface area (Å²) < 4.78 is 10.1. The number of ketones is 1. The van der Waals surface area contributed by atoms with Gasteiger partial charge in [-0.15, -0.1) is 0 Å². The maximum Gasteiger partial charge on any atom is 0.350 e. The molecule has 0 spiro atoms. The topological polar surface area (TPSA) is 106 Å². The summed E-state index contributed by atoms with van der Waals surface area (Å²) in [6.45, 7) is 5.33. The van der Waals surface area contributed by atoms with E-state index in [1.165, 1.54) is 19.1 Å². The number of amides is 1. The lowest BCUT2D eigenvalue weighted by molar-refractivity contribution is -0.132. The minimum Gasteiger partial charge on any atom is -0.507 e. The molecule has 1 aliphatic rings. The van der Waals surface area contributed by atoms with E-state index >= 15 is 0 Å². The number of aromatic nitrogens is 1. The number of thiazole rings is 1. The number of ether oxygens (including phenoxy) is 2. The fourth-order valence-corrected chi connectivity index (χ4v) is 5.05. The van der Waals surface area contributed by atoms with E-state index in [0.29, 0.717) is 28.1 Å². The third-order valence-corrected chi connectivity index (χ3v) is 7.03. The Balaban J connectivity index is 1.94. The summed E-state index contributed by atoms with van der Waals surface area (Å²) in [5.74, 6) is -1.95. The van der Waals surface area contributed by atoms with Crippen LogP contribution in [0.15, 0.2) is 48.0 Å². The Bertz CT molecular complexity index is 1370. The third kappa shape index (κ3) is 4.19. The van der Waals surface area contributed by atoms with Crippen molar-refractivity contribution < 1.29 is 29.0 Å². The van der Waals surface area contributed by atoms with E-state index in [-0.39, 0.29) is 21.3 Å². The van der Waals surface area contributed by atoms with Gasteiger partial charge in [-0.25, -0.2) is 9.78 Å². The lowest BCUT2D eigenvalue weighted by atomic mass is 9.93. The van der Waals surface area contributed by atoms with Crippen LogP contribution in [0.5, 0.6) is 5.75 Å². The molecule has 1 aromatic heterocycles. The second-order valence-electron chi connectivity index (χ2n) is 8.16. The van der Waals surface area contributed by atoms with E-state index < -0.39 is 23.7 Å². The van der Waals surface area contributed by atoms with Gasteiger partial charge in [0.25, 0.3) is 5.78 Å². The van der Waals surface area contributed by atoms with Crippen molar-refractivity contribution in [3.05, 3.63) is 80.9 Å². The highest BCUT2D eigenvalue weighted by molar-refractivity contribution is 7.17. The van der Waals surface area contributed by atoms with Gasteiger partial charge in [0.2, 0.25) is 0 Å². The zero-order valence-corrected chi connectivity index (χ0v) is 20.7. The maximum atomic E-state index is 13.3. The highest BCUT2D eigenvalue weighted by atomic mass is 32.1. The van der Waals surface area contributed by atoms with Gasteiger partial charge in [0.1, 0.15) is 16.4 Å². The highest BCUT2D eigenvalue weighted by Crippen LogP contribution is 2.44. The number of benzene rings is 2. The zero-order valence-electron chi connectivity index (χ0n) is 19.9. The van der Waals surface area contributed by atoms with Gasteiger partial charge in [-0.1, -0.05) is 41.2 Å². The van der Waals surface area contributed by atoms with Crippen LogP contribution < -0.4 is 9.64 Å². The molecule has 1 fully saturated rings. The molecule has 0 radical (unpaired) electrons. The average Bonchev–Trinajstić information content (AvgIpc) is 3.35. The number of nitrogens with zero attached hydrogens (tertiary/aromatic N) is 2. The summed E-state index contributed by atoms with van der Waals surface area (Å²) in [5.41, 5.74) is 3.03. The molecule has 2 aromatic carbocycles. The van der Waals surface area contributed by atoms with Crippen LogP contribution in [-0.4, -0.2) is 42.0 Å². The van der Waals surface area contributed by atoms with Crippen molar-refractivity contribution in [2.45, 2.75) is 26.8 Å². The number of methoxy groups -OCH3 is 2. The molecule has 1 saturated heterocycles. The largest absolute Gasteiger partial charge is 0.507 e. The number of anilines is 1. The van der Waals surface area contributed by atoms with Crippen molar-refractivity contribution in [3.63, 3.8) is 0 Å². The number of aliphatic hydroxyl groups is 1. The number of carbonyl (C=O) groups is 3. The molecule has 0 unspecified atom stereocenters. The summed E-state index contributed by atoms with van der Waals surface area (Å²) in [4.78, 5) is 44.7. The van der Waals surface area contributed by atoms with E-state index in [1.54, 1.807) is 44.2 Å². The predicted octanol–water partition coefficient (Wildman–Crippen LogP) is 4.49. The van der Waals surface area contributed by atoms with E-state index in [0.717, 1.165) is 16.9 Å². The van der Waals surface area contributed by atoms with Gasteiger partial charge in [0.05, 0.1) is 31.5 Å². The summed E-state index contributed by atoms with van der Waals surface area (Å²) in [6, 6.07) is 11.4. The number of Topliss-reactive ketones (excluding diaryl/α,β-unsaturated/α-hetero) is 1. The molecule has 3 aromatic rings. The zero-order chi connectivity index (χ0) is 25.4. The van der Waals surface area contributed by atoms with Gasteiger partial charge in [-0.2, -0.15) is 0 Å². The fraction of sp³-hybridized carbons (Fsp3) is 0.231. The summed E-state index contributed by atoms with van der Waals surface area (Å²) in [7, 11) is 2.80. The molecule has 1 N–H and O–H groups in total. The minimum atomic E-state index is -0.937. The summed E-state index contributed by atoms with van der Waals surface area (Å²) in [5, 5.41) is 11.5. The van der Waals surface area contributed by atoms with Crippen LogP contribution in [-0.2, 0) is 14.3 Å². The minimum absolute atomic E-state index is 0.0559. The Hall–Kier alpha value is -3.98. The molecule has 9 heteroatoms. The normalized spacial score (nSPS) is 17.1. The second kappa shape index (κ2) is 9.34. The van der Waals surface area contributed by atoms with Crippen LogP contribution >= 0.6 is 11.3 Å². The Kier molecular flexibility index (Phi) is 6.45. The van der Waals surface area contributed by atoms with E-state index in [1.807, 2.05) is 19.1 Å². The maximum absolute atomic E-state index is 13.3. The van der Waals surface area contributed by atoms with Crippen LogP contribution in [0.3, 0.4) is 0 Å². The van der Waals surface area contributed by atoms with Crippen molar-refractivity contribution in [2.75, 3.05) is 19.1 Å². The van der Waals surface area contributed by atoms with Crippen LogP contribution in [0, 0.1) is 20.8 Å². The molecule has 1 aliphatic heterocycles. The second-order valence-corrected chi connectivity index (χ2v) is 9.14. The van der Waals surface area contributed by atoms with Gasteiger partial charge >= 0.3 is 11.9 Å². The van der Waals surface area contributed by atoms with Crippen molar-refractivity contribution in [1.29, 1.82) is 0 Å². The number of rotatable bonds is 5. The van der Waals surface area contributed by atoms with E-state index in [4.69, 9.17) is 9.47 Å². The van der Waals surface area contributed by atoms with Crippen molar-refractivity contribution in [3.8, 4) is 5.75 Å². The van der Waals surface area contributed by atoms with Gasteiger partial charge < -0.3 is 14.6 Å². The van der Waals surface area contributed by atoms with Crippen LogP contribution in [0.2, 0.25) is 0 Å². The monoisotopic (exact) mass is 492 g/mol. The number of aryl methyl sites for hydroxylation is 3. The molecule has 0 bridgehead atoms. The predicted molar refractivity (Wildman–Crippen MR) is 132 cm³/mol. The van der Waals surface area contributed by atoms with Gasteiger partial charge in [-0.05, 0) is 50.1 Å². The Morgan fingerprint density at radius 1 is 1.06 bits per heavy atom. The SMILES string of the molecule is COC(=O)c1sc(N2C(=O)C(=O)/C(=C(/O)c3ccc(OC)cc3C)[C@@H]2c2ccc(C)cc2)nc1C. The summed E-state index contributed by atoms with van der Waals surface area (Å²) in [6.07, 6.45) is 0. The van der Waals surface area contributed by atoms with Crippen molar-refractivity contribution >= 4 is 39.9 Å². The molecular formula is C26H24N2O6S. The Morgan fingerprint density at radius 3 is 2.34 bits per heavy atom. The molecule has 1 amide bonds. The lowest BCUT2D eigenvalue weighted by Gasteiger charge is -2.23. The van der Waals surface area contributed by atoms with E-state index in [9.17, 15) is 19.5 Å². The molecule has 1 atom stereocenters. The number of hydrogen-bond donors (Lipinski definition) is 1. The number of esters is 1. The molecule has 35 heavy (non-hydrogen) atoms. The van der Waals surface area contributed by atoms with Crippen LogP contribution in [0.4, 0.5) is 5.13 Å².